The Bertz CT molecular complexity index is 716. The highest BCUT2D eigenvalue weighted by atomic mass is 35.5. The van der Waals surface area contributed by atoms with Gasteiger partial charge in [0.25, 0.3) is 5.91 Å². The minimum absolute atomic E-state index is 0.0963. The van der Waals surface area contributed by atoms with E-state index in [9.17, 15) is 4.79 Å². The number of furan rings is 1. The van der Waals surface area contributed by atoms with E-state index < -0.39 is 0 Å². The topological polar surface area (TPSA) is 63.3 Å². The summed E-state index contributed by atoms with van der Waals surface area (Å²) >= 11 is 12.1. The van der Waals surface area contributed by atoms with Gasteiger partial charge < -0.3 is 20.0 Å². The van der Waals surface area contributed by atoms with E-state index in [1.54, 1.807) is 29.4 Å². The van der Waals surface area contributed by atoms with Crippen molar-refractivity contribution in [2.75, 3.05) is 31.5 Å². The lowest BCUT2D eigenvalue weighted by Crippen LogP contribution is -3.15. The van der Waals surface area contributed by atoms with E-state index in [1.807, 2.05) is 17.4 Å². The number of piperidine rings is 1. The molecule has 5 nitrogen and oxygen atoms in total. The number of likely N-dealkylation sites (tertiary alicyclic amines) is 1. The summed E-state index contributed by atoms with van der Waals surface area (Å²) in [5, 5.41) is 5.65. The molecular formula is C19H25Cl2N3O2+2. The van der Waals surface area contributed by atoms with Gasteiger partial charge in [-0.25, -0.2) is 0 Å². The van der Waals surface area contributed by atoms with Crippen LogP contribution >= 0.6 is 23.2 Å². The normalized spacial score (nSPS) is 16.4. The SMILES string of the molecule is O=C(C[NH2+]C[C@@H](c1ccco1)[NH+]1CCCCC1)Nc1cccc(Cl)c1Cl. The van der Waals surface area contributed by atoms with Crippen LogP contribution in [0.4, 0.5) is 5.69 Å². The third-order valence-electron chi connectivity index (χ3n) is 4.83. The van der Waals surface area contributed by atoms with Gasteiger partial charge in [0.05, 0.1) is 35.1 Å². The van der Waals surface area contributed by atoms with Crippen LogP contribution in [-0.2, 0) is 4.79 Å². The molecule has 1 atom stereocenters. The van der Waals surface area contributed by atoms with Crippen LogP contribution in [0, 0.1) is 0 Å². The van der Waals surface area contributed by atoms with Gasteiger partial charge in [-0.2, -0.15) is 0 Å². The van der Waals surface area contributed by atoms with Crippen molar-refractivity contribution in [2.24, 2.45) is 0 Å². The molecule has 4 N–H and O–H groups in total. The van der Waals surface area contributed by atoms with E-state index in [0.717, 1.165) is 25.4 Å². The second-order valence-corrected chi connectivity index (χ2v) is 7.45. The highest BCUT2D eigenvalue weighted by Gasteiger charge is 2.29. The molecule has 0 radical (unpaired) electrons. The number of benzene rings is 1. The van der Waals surface area contributed by atoms with Gasteiger partial charge in [0, 0.05) is 0 Å². The molecule has 1 aliphatic rings. The molecule has 26 heavy (non-hydrogen) atoms. The first-order valence-electron chi connectivity index (χ1n) is 9.08. The molecule has 0 saturated carbocycles. The molecule has 0 unspecified atom stereocenters. The Balaban J connectivity index is 1.54. The minimum atomic E-state index is -0.0963. The van der Waals surface area contributed by atoms with Gasteiger partial charge in [-0.1, -0.05) is 29.3 Å². The summed E-state index contributed by atoms with van der Waals surface area (Å²) in [7, 11) is 0. The number of halogens is 2. The zero-order chi connectivity index (χ0) is 18.4. The molecule has 0 aliphatic carbocycles. The monoisotopic (exact) mass is 397 g/mol. The fraction of sp³-hybridized carbons (Fsp3) is 0.421. The summed E-state index contributed by atoms with van der Waals surface area (Å²) in [4.78, 5) is 13.8. The molecule has 1 aromatic heterocycles. The smallest absolute Gasteiger partial charge is 0.279 e. The van der Waals surface area contributed by atoms with E-state index in [4.69, 9.17) is 27.6 Å². The fourth-order valence-electron chi connectivity index (χ4n) is 3.51. The van der Waals surface area contributed by atoms with Gasteiger partial charge in [0.2, 0.25) is 0 Å². The number of carbonyl (C=O) groups is 1. The van der Waals surface area contributed by atoms with Crippen molar-refractivity contribution in [3.05, 3.63) is 52.4 Å². The lowest BCUT2D eigenvalue weighted by atomic mass is 10.1. The van der Waals surface area contributed by atoms with E-state index >= 15 is 0 Å². The quantitative estimate of drug-likeness (QED) is 0.667. The zero-order valence-corrected chi connectivity index (χ0v) is 16.2. The van der Waals surface area contributed by atoms with Crippen molar-refractivity contribution in [3.8, 4) is 0 Å². The Morgan fingerprint density at radius 1 is 1.19 bits per heavy atom. The van der Waals surface area contributed by atoms with Gasteiger partial charge >= 0.3 is 0 Å². The predicted molar refractivity (Wildman–Crippen MR) is 103 cm³/mol. The van der Waals surface area contributed by atoms with Crippen LogP contribution in [0.2, 0.25) is 10.0 Å². The molecule has 2 heterocycles. The second-order valence-electron chi connectivity index (χ2n) is 6.66. The Hall–Kier alpha value is -1.53. The molecule has 7 heteroatoms. The lowest BCUT2D eigenvalue weighted by molar-refractivity contribution is -0.949. The Kier molecular flexibility index (Phi) is 6.97. The first-order chi connectivity index (χ1) is 12.6. The molecule has 0 spiro atoms. The van der Waals surface area contributed by atoms with Crippen molar-refractivity contribution >= 4 is 34.8 Å². The van der Waals surface area contributed by atoms with Crippen LogP contribution in [0.5, 0.6) is 0 Å². The largest absolute Gasteiger partial charge is 0.463 e. The number of nitrogens with two attached hydrogens (primary N) is 1. The number of quaternary nitrogens is 2. The fourth-order valence-corrected chi connectivity index (χ4v) is 3.86. The molecule has 140 valence electrons. The maximum Gasteiger partial charge on any atom is 0.279 e. The third-order valence-corrected chi connectivity index (χ3v) is 5.65. The van der Waals surface area contributed by atoms with Crippen LogP contribution in [0.15, 0.2) is 41.0 Å². The lowest BCUT2D eigenvalue weighted by Gasteiger charge is -2.29. The summed E-state index contributed by atoms with van der Waals surface area (Å²) < 4.78 is 5.66. The van der Waals surface area contributed by atoms with Crippen LogP contribution in [0.1, 0.15) is 31.1 Å². The minimum Gasteiger partial charge on any atom is -0.463 e. The van der Waals surface area contributed by atoms with Crippen molar-refractivity contribution in [1.29, 1.82) is 0 Å². The molecule has 1 fully saturated rings. The predicted octanol–water partition coefficient (Wildman–Crippen LogP) is 1.90. The van der Waals surface area contributed by atoms with Gasteiger partial charge in [-0.15, -0.1) is 0 Å². The number of hydrogen-bond donors (Lipinski definition) is 3. The summed E-state index contributed by atoms with van der Waals surface area (Å²) in [6.07, 6.45) is 5.53. The van der Waals surface area contributed by atoms with Gasteiger partial charge in [-0.05, 0) is 43.5 Å². The van der Waals surface area contributed by atoms with Crippen LogP contribution in [0.25, 0.3) is 0 Å². The van der Waals surface area contributed by atoms with E-state index in [0.29, 0.717) is 22.3 Å². The zero-order valence-electron chi connectivity index (χ0n) is 14.6. The van der Waals surface area contributed by atoms with E-state index in [1.165, 1.54) is 19.3 Å². The van der Waals surface area contributed by atoms with Gasteiger partial charge in [0.1, 0.15) is 6.54 Å². The summed E-state index contributed by atoms with van der Waals surface area (Å²) in [6.45, 7) is 3.44. The molecule has 1 aliphatic heterocycles. The molecule has 3 rings (SSSR count). The average molecular weight is 398 g/mol. The number of hydrogen-bond acceptors (Lipinski definition) is 2. The van der Waals surface area contributed by atoms with E-state index in [-0.39, 0.29) is 11.9 Å². The maximum absolute atomic E-state index is 12.2. The number of rotatable bonds is 7. The molecule has 1 saturated heterocycles. The molecule has 1 amide bonds. The van der Waals surface area contributed by atoms with Crippen molar-refractivity contribution < 1.29 is 19.4 Å². The van der Waals surface area contributed by atoms with Gasteiger partial charge in [-0.3, -0.25) is 4.79 Å². The Morgan fingerprint density at radius 2 is 2.00 bits per heavy atom. The molecule has 1 aromatic carbocycles. The number of nitrogens with one attached hydrogen (secondary N) is 2. The van der Waals surface area contributed by atoms with Crippen molar-refractivity contribution in [3.63, 3.8) is 0 Å². The standard InChI is InChI=1S/C19H23Cl2N3O2/c20-14-6-4-7-15(19(14)21)23-18(25)13-22-12-16(17-8-5-11-26-17)24-9-2-1-3-10-24/h4-8,11,16,22H,1-3,9-10,12-13H2,(H,23,25)/p+2/t16-/m0/s1. The number of amides is 1. The van der Waals surface area contributed by atoms with Gasteiger partial charge in [0.15, 0.2) is 18.3 Å². The van der Waals surface area contributed by atoms with Crippen molar-refractivity contribution in [1.82, 2.24) is 0 Å². The first kappa shape index (κ1) is 19.2. The summed E-state index contributed by atoms with van der Waals surface area (Å²) in [5.41, 5.74) is 0.543. The molecule has 0 bridgehead atoms. The Morgan fingerprint density at radius 3 is 2.73 bits per heavy atom. The molecule has 2 aromatic rings. The summed E-state index contributed by atoms with van der Waals surface area (Å²) in [6, 6.07) is 9.44. The third kappa shape index (κ3) is 5.01. The Labute approximate surface area is 163 Å². The maximum atomic E-state index is 12.2. The van der Waals surface area contributed by atoms with Crippen LogP contribution in [-0.4, -0.2) is 32.1 Å². The first-order valence-corrected chi connectivity index (χ1v) is 9.84. The number of carbonyl (C=O) groups excluding carboxylic acids is 1. The molecular weight excluding hydrogens is 373 g/mol. The van der Waals surface area contributed by atoms with Crippen molar-refractivity contribution in [2.45, 2.75) is 25.3 Å². The highest BCUT2D eigenvalue weighted by molar-refractivity contribution is 6.43. The number of anilines is 1. The summed E-state index contributed by atoms with van der Waals surface area (Å²) in [5.74, 6) is 0.900. The van der Waals surface area contributed by atoms with Crippen LogP contribution in [0.3, 0.4) is 0 Å². The highest BCUT2D eigenvalue weighted by Crippen LogP contribution is 2.29. The second kappa shape index (κ2) is 9.42. The van der Waals surface area contributed by atoms with E-state index in [2.05, 4.69) is 5.32 Å². The average Bonchev–Trinajstić information content (AvgIpc) is 3.18. The van der Waals surface area contributed by atoms with Crippen LogP contribution < -0.4 is 15.5 Å².